The van der Waals surface area contributed by atoms with E-state index in [1.54, 1.807) is 18.3 Å². The van der Waals surface area contributed by atoms with E-state index in [9.17, 15) is 4.79 Å². The van der Waals surface area contributed by atoms with Gasteiger partial charge in [-0.1, -0.05) is 5.16 Å². The van der Waals surface area contributed by atoms with Gasteiger partial charge in [0.2, 0.25) is 11.8 Å². The van der Waals surface area contributed by atoms with Crippen molar-refractivity contribution < 1.29 is 9.32 Å². The van der Waals surface area contributed by atoms with Gasteiger partial charge in [-0.3, -0.25) is 4.79 Å². The molecule has 0 radical (unpaired) electrons. The summed E-state index contributed by atoms with van der Waals surface area (Å²) in [5, 5.41) is 6.71. The maximum absolute atomic E-state index is 11.9. The van der Waals surface area contributed by atoms with Gasteiger partial charge in [-0.05, 0) is 39.3 Å². The molecule has 0 aliphatic rings. The third-order valence-electron chi connectivity index (χ3n) is 3.06. The molecule has 2 aromatic rings. The van der Waals surface area contributed by atoms with Crippen LogP contribution in [0.2, 0.25) is 0 Å². The first-order valence-electron chi connectivity index (χ1n) is 6.61. The Labute approximate surface area is 122 Å². The second-order valence-corrected chi connectivity index (χ2v) is 6.35. The Balaban J connectivity index is 1.86. The van der Waals surface area contributed by atoms with Crippen molar-refractivity contribution in [2.75, 3.05) is 0 Å². The van der Waals surface area contributed by atoms with Gasteiger partial charge in [0.1, 0.15) is 0 Å². The van der Waals surface area contributed by atoms with E-state index in [2.05, 4.69) is 35.4 Å². The van der Waals surface area contributed by atoms with Gasteiger partial charge in [0.25, 0.3) is 0 Å². The number of thiophene rings is 1. The summed E-state index contributed by atoms with van der Waals surface area (Å²) in [5.41, 5.74) is 1.19. The number of rotatable bonds is 5. The third kappa shape index (κ3) is 3.66. The van der Waals surface area contributed by atoms with Crippen molar-refractivity contribution in [2.24, 2.45) is 0 Å². The Morgan fingerprint density at radius 1 is 1.45 bits per heavy atom. The average Bonchev–Trinajstić information content (AvgIpc) is 2.92. The van der Waals surface area contributed by atoms with Gasteiger partial charge in [-0.2, -0.15) is 4.98 Å². The zero-order chi connectivity index (χ0) is 14.7. The molecule has 5 nitrogen and oxygen atoms in total. The lowest BCUT2D eigenvalue weighted by Crippen LogP contribution is -2.26. The standard InChI is InChI=1S/C14H19N3O2S/c1-8-7-12(10(3)20-8)9(2)15-13(18)5-6-14-16-11(4)17-19-14/h7,9H,5-6H2,1-4H3,(H,15,18). The van der Waals surface area contributed by atoms with Crippen LogP contribution in [-0.4, -0.2) is 16.0 Å². The van der Waals surface area contributed by atoms with Crippen LogP contribution >= 0.6 is 11.3 Å². The van der Waals surface area contributed by atoms with Crippen molar-refractivity contribution >= 4 is 17.2 Å². The molecule has 108 valence electrons. The zero-order valence-corrected chi connectivity index (χ0v) is 13.0. The first-order valence-corrected chi connectivity index (χ1v) is 7.43. The summed E-state index contributed by atoms with van der Waals surface area (Å²) < 4.78 is 4.99. The number of hydrogen-bond donors (Lipinski definition) is 1. The molecule has 1 unspecified atom stereocenters. The minimum atomic E-state index is -0.00314. The summed E-state index contributed by atoms with van der Waals surface area (Å²) >= 11 is 1.75. The van der Waals surface area contributed by atoms with Crippen molar-refractivity contribution in [3.8, 4) is 0 Å². The van der Waals surface area contributed by atoms with E-state index in [4.69, 9.17) is 4.52 Å². The van der Waals surface area contributed by atoms with Crippen LogP contribution in [0.15, 0.2) is 10.6 Å². The molecule has 0 fully saturated rings. The highest BCUT2D eigenvalue weighted by Crippen LogP contribution is 2.26. The van der Waals surface area contributed by atoms with E-state index in [1.165, 1.54) is 15.3 Å². The lowest BCUT2D eigenvalue weighted by Gasteiger charge is -2.13. The number of aromatic nitrogens is 2. The fourth-order valence-electron chi connectivity index (χ4n) is 2.13. The molecule has 1 amide bonds. The predicted octanol–water partition coefficient (Wildman–Crippen LogP) is 2.87. The van der Waals surface area contributed by atoms with E-state index < -0.39 is 0 Å². The number of amides is 1. The van der Waals surface area contributed by atoms with Gasteiger partial charge in [0.05, 0.1) is 6.04 Å². The third-order valence-corrected chi connectivity index (χ3v) is 4.04. The highest BCUT2D eigenvalue weighted by atomic mass is 32.1. The zero-order valence-electron chi connectivity index (χ0n) is 12.2. The summed E-state index contributed by atoms with van der Waals surface area (Å²) in [5.74, 6) is 1.10. The Hall–Kier alpha value is -1.69. The monoisotopic (exact) mass is 293 g/mol. The molecule has 0 aromatic carbocycles. The molecule has 2 aromatic heterocycles. The quantitative estimate of drug-likeness (QED) is 0.920. The lowest BCUT2D eigenvalue weighted by molar-refractivity contribution is -0.121. The maximum atomic E-state index is 11.9. The molecule has 20 heavy (non-hydrogen) atoms. The number of nitrogens with one attached hydrogen (secondary N) is 1. The van der Waals surface area contributed by atoms with Gasteiger partial charge in [-0.25, -0.2) is 0 Å². The van der Waals surface area contributed by atoms with Gasteiger partial charge in [-0.15, -0.1) is 11.3 Å². The predicted molar refractivity (Wildman–Crippen MR) is 77.7 cm³/mol. The van der Waals surface area contributed by atoms with Gasteiger partial charge in [0.15, 0.2) is 5.82 Å². The number of carbonyl (C=O) groups is 1. The van der Waals surface area contributed by atoms with Gasteiger partial charge < -0.3 is 9.84 Å². The minimum absolute atomic E-state index is 0.00314. The highest BCUT2D eigenvalue weighted by molar-refractivity contribution is 7.12. The molecule has 1 N–H and O–H groups in total. The summed E-state index contributed by atoms with van der Waals surface area (Å²) in [6.45, 7) is 7.92. The topological polar surface area (TPSA) is 68.0 Å². The molecule has 0 bridgehead atoms. The Kier molecular flexibility index (Phi) is 4.54. The van der Waals surface area contributed by atoms with E-state index in [0.29, 0.717) is 24.6 Å². The van der Waals surface area contributed by atoms with Crippen LogP contribution < -0.4 is 5.32 Å². The first-order chi connectivity index (χ1) is 9.45. The molecule has 2 heterocycles. The fourth-order valence-corrected chi connectivity index (χ4v) is 3.16. The van der Waals surface area contributed by atoms with Gasteiger partial charge in [0, 0.05) is 22.6 Å². The SMILES string of the molecule is Cc1noc(CCC(=O)NC(C)c2cc(C)sc2C)n1. The van der Waals surface area contributed by atoms with Crippen molar-refractivity contribution in [3.63, 3.8) is 0 Å². The maximum Gasteiger partial charge on any atom is 0.227 e. The summed E-state index contributed by atoms with van der Waals surface area (Å²) in [7, 11) is 0. The van der Waals surface area contributed by atoms with E-state index in [0.717, 1.165) is 0 Å². The van der Waals surface area contributed by atoms with Crippen molar-refractivity contribution in [1.29, 1.82) is 0 Å². The molecular formula is C14H19N3O2S. The molecule has 0 saturated carbocycles. The normalized spacial score (nSPS) is 12.4. The van der Waals surface area contributed by atoms with Gasteiger partial charge >= 0.3 is 0 Å². The number of nitrogens with zero attached hydrogens (tertiary/aromatic N) is 2. The smallest absolute Gasteiger partial charge is 0.227 e. The average molecular weight is 293 g/mol. The van der Waals surface area contributed by atoms with E-state index >= 15 is 0 Å². The number of aryl methyl sites for hydroxylation is 4. The van der Waals surface area contributed by atoms with Crippen LogP contribution in [0.1, 0.15) is 46.4 Å². The summed E-state index contributed by atoms with van der Waals surface area (Å²) in [4.78, 5) is 18.5. The van der Waals surface area contributed by atoms with Crippen LogP contribution in [-0.2, 0) is 11.2 Å². The van der Waals surface area contributed by atoms with Crippen molar-refractivity contribution in [1.82, 2.24) is 15.5 Å². The van der Waals surface area contributed by atoms with E-state index in [1.807, 2.05) is 6.92 Å². The van der Waals surface area contributed by atoms with Crippen molar-refractivity contribution in [3.05, 3.63) is 33.1 Å². The second kappa shape index (κ2) is 6.17. The molecule has 0 aliphatic heterocycles. The molecule has 0 spiro atoms. The minimum Gasteiger partial charge on any atom is -0.350 e. The van der Waals surface area contributed by atoms with Crippen LogP contribution in [0.5, 0.6) is 0 Å². The molecule has 1 atom stereocenters. The summed E-state index contributed by atoms with van der Waals surface area (Å²) in [6.07, 6.45) is 0.829. The highest BCUT2D eigenvalue weighted by Gasteiger charge is 2.14. The molecule has 2 rings (SSSR count). The Morgan fingerprint density at radius 3 is 2.75 bits per heavy atom. The van der Waals surface area contributed by atoms with Crippen LogP contribution in [0.25, 0.3) is 0 Å². The first kappa shape index (κ1) is 14.7. The fraction of sp³-hybridized carbons (Fsp3) is 0.500. The second-order valence-electron chi connectivity index (χ2n) is 4.89. The largest absolute Gasteiger partial charge is 0.350 e. The molecule has 0 saturated heterocycles. The Bertz CT molecular complexity index is 603. The van der Waals surface area contributed by atoms with Crippen LogP contribution in [0.4, 0.5) is 0 Å². The molecule has 0 aliphatic carbocycles. The summed E-state index contributed by atoms with van der Waals surface area (Å²) in [6, 6.07) is 2.16. The lowest BCUT2D eigenvalue weighted by atomic mass is 10.1. The molecular weight excluding hydrogens is 274 g/mol. The molecule has 6 heteroatoms. The van der Waals surface area contributed by atoms with Crippen LogP contribution in [0.3, 0.4) is 0 Å². The Morgan fingerprint density at radius 2 is 2.20 bits per heavy atom. The van der Waals surface area contributed by atoms with E-state index in [-0.39, 0.29) is 11.9 Å². The number of carbonyl (C=O) groups excluding carboxylic acids is 1. The van der Waals surface area contributed by atoms with Crippen LogP contribution in [0, 0.1) is 20.8 Å². The number of hydrogen-bond acceptors (Lipinski definition) is 5. The van der Waals surface area contributed by atoms with Crippen molar-refractivity contribution in [2.45, 2.75) is 46.6 Å².